The number of hydrogen-bond acceptors (Lipinski definition) is 4. The average Bonchev–Trinajstić information content (AvgIpc) is 2.71. The van der Waals surface area contributed by atoms with Crippen LogP contribution in [0.15, 0.2) is 48.5 Å². The summed E-state index contributed by atoms with van der Waals surface area (Å²) in [6.07, 6.45) is 0.623. The molecule has 1 aromatic heterocycles. The SMILES string of the molecule is COc1nc2ccc(Cl)cc2cc1C(c1ccc(Cl)cc1)C1(O)CCNCC1C. The van der Waals surface area contributed by atoms with Crippen molar-refractivity contribution >= 4 is 34.1 Å². The predicted molar refractivity (Wildman–Crippen MR) is 118 cm³/mol. The van der Waals surface area contributed by atoms with Crippen molar-refractivity contribution in [3.05, 3.63) is 69.7 Å². The van der Waals surface area contributed by atoms with Gasteiger partial charge < -0.3 is 15.2 Å². The predicted octanol–water partition coefficient (Wildman–Crippen LogP) is 5.04. The van der Waals surface area contributed by atoms with Gasteiger partial charge in [0.15, 0.2) is 0 Å². The van der Waals surface area contributed by atoms with E-state index in [1.807, 2.05) is 48.5 Å². The van der Waals surface area contributed by atoms with E-state index in [1.54, 1.807) is 7.11 Å². The second-order valence-corrected chi connectivity index (χ2v) is 8.63. The summed E-state index contributed by atoms with van der Waals surface area (Å²) in [4.78, 5) is 4.72. The van der Waals surface area contributed by atoms with Gasteiger partial charge >= 0.3 is 0 Å². The highest BCUT2D eigenvalue weighted by Crippen LogP contribution is 2.46. The zero-order valence-electron chi connectivity index (χ0n) is 16.5. The molecule has 0 aliphatic carbocycles. The molecule has 6 heteroatoms. The van der Waals surface area contributed by atoms with Crippen molar-refractivity contribution in [1.82, 2.24) is 10.3 Å². The van der Waals surface area contributed by atoms with Gasteiger partial charge in [0.2, 0.25) is 5.88 Å². The quantitative estimate of drug-likeness (QED) is 0.608. The number of methoxy groups -OCH3 is 1. The lowest BCUT2D eigenvalue weighted by molar-refractivity contribution is -0.0477. The van der Waals surface area contributed by atoms with E-state index < -0.39 is 5.60 Å². The molecule has 0 amide bonds. The van der Waals surface area contributed by atoms with Crippen molar-refractivity contribution in [3.63, 3.8) is 0 Å². The van der Waals surface area contributed by atoms with E-state index in [0.717, 1.165) is 35.1 Å². The van der Waals surface area contributed by atoms with Crippen LogP contribution in [0.4, 0.5) is 0 Å². The first-order valence-corrected chi connectivity index (χ1v) is 10.5. The van der Waals surface area contributed by atoms with Crippen molar-refractivity contribution in [2.24, 2.45) is 5.92 Å². The first kappa shape index (κ1) is 20.4. The monoisotopic (exact) mass is 430 g/mol. The van der Waals surface area contributed by atoms with Crippen molar-refractivity contribution in [1.29, 1.82) is 0 Å². The van der Waals surface area contributed by atoms with E-state index in [9.17, 15) is 5.11 Å². The Hall–Kier alpha value is -1.85. The molecule has 1 aliphatic heterocycles. The van der Waals surface area contributed by atoms with E-state index in [1.165, 1.54) is 0 Å². The summed E-state index contributed by atoms with van der Waals surface area (Å²) in [6.45, 7) is 3.57. The molecule has 1 fully saturated rings. The van der Waals surface area contributed by atoms with Crippen LogP contribution in [0.5, 0.6) is 5.88 Å². The molecule has 152 valence electrons. The standard InChI is InChI=1S/C23H24Cl2N2O2/c1-14-13-26-10-9-23(14,28)21(15-3-5-17(24)6-4-15)19-12-16-11-18(25)7-8-20(16)27-22(19)29-2/h3-8,11-12,14,21,26,28H,9-10,13H2,1-2H3. The molecule has 2 N–H and O–H groups in total. The maximum Gasteiger partial charge on any atom is 0.217 e. The van der Waals surface area contributed by atoms with Gasteiger partial charge in [0.1, 0.15) is 0 Å². The van der Waals surface area contributed by atoms with Crippen LogP contribution in [-0.2, 0) is 0 Å². The third-order valence-electron chi connectivity index (χ3n) is 5.98. The van der Waals surface area contributed by atoms with Gasteiger partial charge in [0.25, 0.3) is 0 Å². The summed E-state index contributed by atoms with van der Waals surface area (Å²) in [5.74, 6) is 0.235. The van der Waals surface area contributed by atoms with E-state index in [2.05, 4.69) is 12.2 Å². The summed E-state index contributed by atoms with van der Waals surface area (Å²) < 4.78 is 5.68. The Balaban J connectivity index is 1.96. The lowest BCUT2D eigenvalue weighted by atomic mass is 9.68. The maximum absolute atomic E-state index is 11.9. The van der Waals surface area contributed by atoms with Crippen molar-refractivity contribution in [3.8, 4) is 5.88 Å². The number of rotatable bonds is 4. The second-order valence-electron chi connectivity index (χ2n) is 7.75. The number of aromatic nitrogens is 1. The smallest absolute Gasteiger partial charge is 0.217 e. The van der Waals surface area contributed by atoms with Gasteiger partial charge in [-0.15, -0.1) is 0 Å². The fourth-order valence-corrected chi connectivity index (χ4v) is 4.67. The average molecular weight is 431 g/mol. The number of aliphatic hydroxyl groups is 1. The lowest BCUT2D eigenvalue weighted by Crippen LogP contribution is -2.53. The van der Waals surface area contributed by atoms with Gasteiger partial charge in [-0.25, -0.2) is 4.98 Å². The number of pyridine rings is 1. The molecule has 2 aromatic carbocycles. The van der Waals surface area contributed by atoms with Crippen LogP contribution >= 0.6 is 23.2 Å². The third kappa shape index (κ3) is 3.82. The van der Waals surface area contributed by atoms with Crippen molar-refractivity contribution < 1.29 is 9.84 Å². The van der Waals surface area contributed by atoms with E-state index in [0.29, 0.717) is 22.3 Å². The van der Waals surface area contributed by atoms with E-state index in [4.69, 9.17) is 32.9 Å². The number of nitrogens with one attached hydrogen (secondary N) is 1. The number of halogens is 2. The highest BCUT2D eigenvalue weighted by Gasteiger charge is 2.46. The largest absolute Gasteiger partial charge is 0.481 e. The fourth-order valence-electron chi connectivity index (χ4n) is 4.37. The van der Waals surface area contributed by atoms with Crippen LogP contribution < -0.4 is 10.1 Å². The van der Waals surface area contributed by atoms with Crippen molar-refractivity contribution in [2.75, 3.05) is 20.2 Å². The van der Waals surface area contributed by atoms with Gasteiger partial charge in [-0.2, -0.15) is 0 Å². The minimum Gasteiger partial charge on any atom is -0.481 e. The Morgan fingerprint density at radius 3 is 2.55 bits per heavy atom. The molecule has 1 saturated heterocycles. The van der Waals surface area contributed by atoms with Crippen LogP contribution in [0.3, 0.4) is 0 Å². The second kappa shape index (κ2) is 8.11. The van der Waals surface area contributed by atoms with E-state index in [-0.39, 0.29) is 11.8 Å². The molecule has 0 saturated carbocycles. The van der Waals surface area contributed by atoms with Crippen LogP contribution in [0, 0.1) is 5.92 Å². The first-order valence-electron chi connectivity index (χ1n) is 9.75. The normalized spacial score (nSPS) is 23.1. The maximum atomic E-state index is 11.9. The summed E-state index contributed by atoms with van der Waals surface area (Å²) in [6, 6.07) is 15.3. The Labute approximate surface area is 180 Å². The van der Waals surface area contributed by atoms with Gasteiger partial charge in [0.05, 0.1) is 18.2 Å². The highest BCUT2D eigenvalue weighted by atomic mass is 35.5. The molecule has 2 heterocycles. The molecule has 0 spiro atoms. The molecule has 0 radical (unpaired) electrons. The molecule has 29 heavy (non-hydrogen) atoms. The lowest BCUT2D eigenvalue weighted by Gasteiger charge is -2.45. The first-order chi connectivity index (χ1) is 13.9. The van der Waals surface area contributed by atoms with Crippen molar-refractivity contribution in [2.45, 2.75) is 24.9 Å². The number of fused-ring (bicyclic) bond motifs is 1. The summed E-state index contributed by atoms with van der Waals surface area (Å²) in [5, 5.41) is 17.5. The van der Waals surface area contributed by atoms with Gasteiger partial charge in [-0.3, -0.25) is 0 Å². The molecule has 3 unspecified atom stereocenters. The van der Waals surface area contributed by atoms with Crippen LogP contribution in [-0.4, -0.2) is 35.9 Å². The van der Waals surface area contributed by atoms with Crippen LogP contribution in [0.25, 0.3) is 10.9 Å². The molecular weight excluding hydrogens is 407 g/mol. The number of piperidine rings is 1. The minimum atomic E-state index is -0.958. The molecule has 3 atom stereocenters. The molecular formula is C23H24Cl2N2O2. The molecule has 4 nitrogen and oxygen atoms in total. The van der Waals surface area contributed by atoms with Gasteiger partial charge in [0, 0.05) is 33.5 Å². The number of nitrogens with zero attached hydrogens (tertiary/aromatic N) is 1. The number of benzene rings is 2. The van der Waals surface area contributed by atoms with Gasteiger partial charge in [-0.05, 0) is 60.8 Å². The van der Waals surface area contributed by atoms with Gasteiger partial charge in [-0.1, -0.05) is 42.3 Å². The van der Waals surface area contributed by atoms with E-state index >= 15 is 0 Å². The minimum absolute atomic E-state index is 0.0386. The Morgan fingerprint density at radius 1 is 1.14 bits per heavy atom. The molecule has 1 aliphatic rings. The molecule has 4 rings (SSSR count). The highest BCUT2D eigenvalue weighted by molar-refractivity contribution is 6.31. The summed E-state index contributed by atoms with van der Waals surface area (Å²) >= 11 is 12.4. The Bertz CT molecular complexity index is 1030. The summed E-state index contributed by atoms with van der Waals surface area (Å²) in [5.41, 5.74) is 1.67. The zero-order chi connectivity index (χ0) is 20.6. The molecule has 3 aromatic rings. The third-order valence-corrected chi connectivity index (χ3v) is 6.47. The fraction of sp³-hybridized carbons (Fsp3) is 0.348. The van der Waals surface area contributed by atoms with Crippen LogP contribution in [0.2, 0.25) is 10.0 Å². The Morgan fingerprint density at radius 2 is 1.86 bits per heavy atom. The van der Waals surface area contributed by atoms with Crippen LogP contribution in [0.1, 0.15) is 30.4 Å². The molecule has 0 bridgehead atoms. The topological polar surface area (TPSA) is 54.4 Å². The number of ether oxygens (including phenoxy) is 1. The number of hydrogen-bond donors (Lipinski definition) is 2. The zero-order valence-corrected chi connectivity index (χ0v) is 18.0. The Kier molecular flexibility index (Phi) is 5.71. The summed E-state index contributed by atoms with van der Waals surface area (Å²) in [7, 11) is 1.61.